The fraction of sp³-hybridized carbons (Fsp3) is 0.174. The number of esters is 1. The topological polar surface area (TPSA) is 78.0 Å². The Kier molecular flexibility index (Phi) is 7.84. The number of carbonyl (C=O) groups is 2. The molecular formula is C23H21ClN2O5. The Bertz CT molecular complexity index is 1010. The van der Waals surface area contributed by atoms with E-state index in [1.807, 2.05) is 30.3 Å². The maximum absolute atomic E-state index is 12.7. The summed E-state index contributed by atoms with van der Waals surface area (Å²) >= 11 is 6.06. The molecule has 0 spiro atoms. The van der Waals surface area contributed by atoms with Crippen LogP contribution in [0, 0.1) is 0 Å². The number of pyridine rings is 1. The summed E-state index contributed by atoms with van der Waals surface area (Å²) in [5.41, 5.74) is 1.78. The summed E-state index contributed by atoms with van der Waals surface area (Å²) in [7, 11) is 1.29. The maximum atomic E-state index is 12.7. The summed E-state index contributed by atoms with van der Waals surface area (Å²) in [5, 5.41) is 0.339. The standard InChI is InChI=1S/C23H21ClN2O5/c1-29-22(27)18-13-19(24)15-21(14-18)30-12-11-26(20-7-9-25-10-8-20)23(28)31-16-17-5-3-2-4-6-17/h2-10,13-15H,11-12,16H2,1H3. The molecule has 0 bridgehead atoms. The first-order chi connectivity index (χ1) is 15.1. The number of hydrogen-bond donors (Lipinski definition) is 0. The molecule has 0 fully saturated rings. The van der Waals surface area contributed by atoms with Gasteiger partial charge < -0.3 is 14.2 Å². The normalized spacial score (nSPS) is 10.3. The van der Waals surface area contributed by atoms with E-state index in [0.29, 0.717) is 16.5 Å². The third-order valence-electron chi connectivity index (χ3n) is 4.28. The Balaban J connectivity index is 1.66. The molecule has 0 radical (unpaired) electrons. The lowest BCUT2D eigenvalue weighted by Gasteiger charge is -2.22. The minimum absolute atomic E-state index is 0.143. The van der Waals surface area contributed by atoms with Crippen molar-refractivity contribution in [3.05, 3.63) is 89.2 Å². The first kappa shape index (κ1) is 22.1. The number of aromatic nitrogens is 1. The lowest BCUT2D eigenvalue weighted by Crippen LogP contribution is -2.35. The highest BCUT2D eigenvalue weighted by Gasteiger charge is 2.18. The number of carbonyl (C=O) groups excluding carboxylic acids is 2. The molecule has 0 unspecified atom stereocenters. The van der Waals surface area contributed by atoms with Crippen LogP contribution in [0.5, 0.6) is 5.75 Å². The van der Waals surface area contributed by atoms with E-state index >= 15 is 0 Å². The van der Waals surface area contributed by atoms with Gasteiger partial charge >= 0.3 is 12.1 Å². The maximum Gasteiger partial charge on any atom is 0.414 e. The number of benzene rings is 2. The zero-order valence-electron chi connectivity index (χ0n) is 16.9. The quantitative estimate of drug-likeness (QED) is 0.470. The average Bonchev–Trinajstić information content (AvgIpc) is 2.80. The Hall–Kier alpha value is -3.58. The summed E-state index contributed by atoms with van der Waals surface area (Å²) < 4.78 is 15.9. The van der Waals surface area contributed by atoms with Gasteiger partial charge in [0.15, 0.2) is 0 Å². The molecule has 7 nitrogen and oxygen atoms in total. The summed E-state index contributed by atoms with van der Waals surface area (Å²) in [4.78, 5) is 29.9. The fourth-order valence-corrected chi connectivity index (χ4v) is 3.01. The average molecular weight is 441 g/mol. The first-order valence-electron chi connectivity index (χ1n) is 9.47. The van der Waals surface area contributed by atoms with Crippen LogP contribution in [0.4, 0.5) is 10.5 Å². The van der Waals surface area contributed by atoms with Crippen LogP contribution in [0.2, 0.25) is 5.02 Å². The second kappa shape index (κ2) is 11.0. The molecule has 0 saturated carbocycles. The van der Waals surface area contributed by atoms with Crippen LogP contribution in [-0.2, 0) is 16.1 Å². The minimum Gasteiger partial charge on any atom is -0.492 e. The van der Waals surface area contributed by atoms with Gasteiger partial charge in [0, 0.05) is 17.4 Å². The molecule has 0 saturated heterocycles. The highest BCUT2D eigenvalue weighted by Crippen LogP contribution is 2.22. The van der Waals surface area contributed by atoms with Gasteiger partial charge in [0.05, 0.1) is 24.9 Å². The Labute approximate surface area is 185 Å². The SMILES string of the molecule is COC(=O)c1cc(Cl)cc(OCCN(C(=O)OCc2ccccc2)c2ccncc2)c1. The van der Waals surface area contributed by atoms with E-state index in [1.54, 1.807) is 30.6 Å². The zero-order chi connectivity index (χ0) is 22.1. The molecular weight excluding hydrogens is 420 g/mol. The lowest BCUT2D eigenvalue weighted by molar-refractivity contribution is 0.0600. The summed E-state index contributed by atoms with van der Waals surface area (Å²) in [6.45, 7) is 0.500. The van der Waals surface area contributed by atoms with Gasteiger partial charge in [-0.25, -0.2) is 9.59 Å². The van der Waals surface area contributed by atoms with Gasteiger partial charge in [0.2, 0.25) is 0 Å². The monoisotopic (exact) mass is 440 g/mol. The van der Waals surface area contributed by atoms with E-state index in [9.17, 15) is 9.59 Å². The molecule has 160 valence electrons. The molecule has 0 aliphatic heterocycles. The fourth-order valence-electron chi connectivity index (χ4n) is 2.78. The second-order valence-corrected chi connectivity index (χ2v) is 6.85. The smallest absolute Gasteiger partial charge is 0.414 e. The molecule has 3 rings (SSSR count). The van der Waals surface area contributed by atoms with Crippen molar-refractivity contribution in [2.45, 2.75) is 6.61 Å². The van der Waals surface area contributed by atoms with Gasteiger partial charge in [-0.15, -0.1) is 0 Å². The van der Waals surface area contributed by atoms with Crippen LogP contribution in [-0.4, -0.2) is 37.3 Å². The predicted molar refractivity (Wildman–Crippen MR) is 116 cm³/mol. The summed E-state index contributed by atoms with van der Waals surface area (Å²) in [6.07, 6.45) is 2.67. The van der Waals surface area contributed by atoms with Crippen LogP contribution < -0.4 is 9.64 Å². The molecule has 2 aromatic carbocycles. The molecule has 3 aromatic rings. The van der Waals surface area contributed by atoms with E-state index in [4.69, 9.17) is 25.8 Å². The van der Waals surface area contributed by atoms with Crippen molar-refractivity contribution >= 4 is 29.4 Å². The molecule has 1 heterocycles. The summed E-state index contributed by atoms with van der Waals surface area (Å²) in [6, 6.07) is 17.4. The van der Waals surface area contributed by atoms with Crippen molar-refractivity contribution in [1.29, 1.82) is 0 Å². The van der Waals surface area contributed by atoms with Gasteiger partial charge in [-0.3, -0.25) is 9.88 Å². The third-order valence-corrected chi connectivity index (χ3v) is 4.49. The third kappa shape index (κ3) is 6.45. The lowest BCUT2D eigenvalue weighted by atomic mass is 10.2. The van der Waals surface area contributed by atoms with Gasteiger partial charge in [0.25, 0.3) is 0 Å². The molecule has 1 amide bonds. The van der Waals surface area contributed by atoms with Crippen molar-refractivity contribution in [1.82, 2.24) is 4.98 Å². The highest BCUT2D eigenvalue weighted by molar-refractivity contribution is 6.31. The first-order valence-corrected chi connectivity index (χ1v) is 9.84. The van der Waals surface area contributed by atoms with Crippen LogP contribution in [0.15, 0.2) is 73.1 Å². The Morgan fingerprint density at radius 3 is 2.48 bits per heavy atom. The molecule has 0 atom stereocenters. The molecule has 31 heavy (non-hydrogen) atoms. The number of anilines is 1. The van der Waals surface area contributed by atoms with Crippen molar-refractivity contribution in [3.63, 3.8) is 0 Å². The van der Waals surface area contributed by atoms with Crippen LogP contribution >= 0.6 is 11.6 Å². The van der Waals surface area contributed by atoms with Crippen molar-refractivity contribution < 1.29 is 23.8 Å². The number of amides is 1. The van der Waals surface area contributed by atoms with Gasteiger partial charge in [0.1, 0.15) is 19.0 Å². The van der Waals surface area contributed by atoms with Gasteiger partial charge in [-0.05, 0) is 35.9 Å². The number of rotatable bonds is 8. The number of hydrogen-bond acceptors (Lipinski definition) is 6. The largest absolute Gasteiger partial charge is 0.492 e. The second-order valence-electron chi connectivity index (χ2n) is 6.41. The van der Waals surface area contributed by atoms with E-state index in [2.05, 4.69) is 4.98 Å². The molecule has 0 aliphatic rings. The van der Waals surface area contributed by atoms with Crippen molar-refractivity contribution in [2.75, 3.05) is 25.2 Å². The van der Waals surface area contributed by atoms with Gasteiger partial charge in [-0.2, -0.15) is 0 Å². The van der Waals surface area contributed by atoms with Crippen molar-refractivity contribution in [2.24, 2.45) is 0 Å². The van der Waals surface area contributed by atoms with E-state index in [0.717, 1.165) is 5.56 Å². The molecule has 0 aliphatic carbocycles. The summed E-state index contributed by atoms with van der Waals surface area (Å²) in [5.74, 6) is -0.129. The van der Waals surface area contributed by atoms with Crippen LogP contribution in [0.25, 0.3) is 0 Å². The minimum atomic E-state index is -0.518. The predicted octanol–water partition coefficient (Wildman–Crippen LogP) is 4.74. The Morgan fingerprint density at radius 1 is 1.03 bits per heavy atom. The number of nitrogens with zero attached hydrogens (tertiary/aromatic N) is 2. The van der Waals surface area contributed by atoms with Crippen LogP contribution in [0.3, 0.4) is 0 Å². The van der Waals surface area contributed by atoms with E-state index in [-0.39, 0.29) is 25.3 Å². The zero-order valence-corrected chi connectivity index (χ0v) is 17.6. The van der Waals surface area contributed by atoms with E-state index in [1.165, 1.54) is 24.1 Å². The highest BCUT2D eigenvalue weighted by atomic mass is 35.5. The van der Waals surface area contributed by atoms with Gasteiger partial charge in [-0.1, -0.05) is 41.9 Å². The molecule has 0 N–H and O–H groups in total. The van der Waals surface area contributed by atoms with Crippen LogP contribution in [0.1, 0.15) is 15.9 Å². The number of methoxy groups -OCH3 is 1. The number of ether oxygens (including phenoxy) is 3. The number of halogens is 1. The molecule has 1 aromatic heterocycles. The molecule has 8 heteroatoms. The van der Waals surface area contributed by atoms with Crippen molar-refractivity contribution in [3.8, 4) is 5.75 Å². The van der Waals surface area contributed by atoms with E-state index < -0.39 is 12.1 Å². The Morgan fingerprint density at radius 2 is 1.77 bits per heavy atom.